The van der Waals surface area contributed by atoms with Gasteiger partial charge in [0.2, 0.25) is 0 Å². The number of piperidine rings is 1. The summed E-state index contributed by atoms with van der Waals surface area (Å²) in [6.07, 6.45) is 1.68. The first kappa shape index (κ1) is 22.2. The number of carbonyl (C=O) groups excluding carboxylic acids is 1. The second kappa shape index (κ2) is 8.85. The number of imidazole rings is 1. The minimum Gasteiger partial charge on any atom is -0.444 e. The lowest BCUT2D eigenvalue weighted by Gasteiger charge is -2.38. The molecular weight excluding hydrogens is 400 g/mol. The standard InChI is InChI=1S/C26H34N4O2/c1-19-27-23-8-6-7-9-24(23)30(19)18-20-10-12-21(13-11-20)28(5)22-14-16-29(17-15-22)25(31)32-26(2,3)4/h6-13,22H,14-18H2,1-5H3. The summed E-state index contributed by atoms with van der Waals surface area (Å²) in [5, 5.41) is 0. The van der Waals surface area contributed by atoms with Crippen LogP contribution in [0.4, 0.5) is 10.5 Å². The first-order chi connectivity index (χ1) is 15.2. The van der Waals surface area contributed by atoms with Crippen LogP contribution in [-0.2, 0) is 11.3 Å². The van der Waals surface area contributed by atoms with Crippen LogP contribution in [-0.4, -0.2) is 52.3 Å². The zero-order chi connectivity index (χ0) is 22.9. The number of para-hydroxylation sites is 2. The molecule has 0 spiro atoms. The number of rotatable bonds is 4. The predicted octanol–water partition coefficient (Wildman–Crippen LogP) is 5.23. The van der Waals surface area contributed by atoms with Crippen LogP contribution in [0.1, 0.15) is 45.0 Å². The normalized spacial score (nSPS) is 15.2. The van der Waals surface area contributed by atoms with Gasteiger partial charge < -0.3 is 19.1 Å². The summed E-state index contributed by atoms with van der Waals surface area (Å²) in [6, 6.07) is 17.5. The minimum atomic E-state index is -0.450. The molecule has 0 bridgehead atoms. The van der Waals surface area contributed by atoms with E-state index in [1.807, 2.05) is 31.7 Å². The quantitative estimate of drug-likeness (QED) is 0.564. The van der Waals surface area contributed by atoms with Crippen molar-refractivity contribution in [3.63, 3.8) is 0 Å². The number of nitrogens with zero attached hydrogens (tertiary/aromatic N) is 4. The number of anilines is 1. The van der Waals surface area contributed by atoms with Gasteiger partial charge in [0.25, 0.3) is 0 Å². The van der Waals surface area contributed by atoms with Crippen molar-refractivity contribution in [2.45, 2.75) is 58.7 Å². The molecule has 32 heavy (non-hydrogen) atoms. The fourth-order valence-corrected chi connectivity index (χ4v) is 4.39. The van der Waals surface area contributed by atoms with Gasteiger partial charge in [-0.05, 0) is 70.4 Å². The first-order valence-electron chi connectivity index (χ1n) is 11.4. The second-order valence-electron chi connectivity index (χ2n) is 9.71. The number of benzene rings is 2. The number of aromatic nitrogens is 2. The number of amides is 1. The highest BCUT2D eigenvalue weighted by Gasteiger charge is 2.28. The third-order valence-corrected chi connectivity index (χ3v) is 6.19. The zero-order valence-electron chi connectivity index (χ0n) is 19.8. The van der Waals surface area contributed by atoms with E-state index in [1.165, 1.54) is 16.8 Å². The molecular formula is C26H34N4O2. The summed E-state index contributed by atoms with van der Waals surface area (Å²) < 4.78 is 7.78. The van der Waals surface area contributed by atoms with Crippen molar-refractivity contribution in [2.24, 2.45) is 0 Å². The molecule has 0 saturated carbocycles. The van der Waals surface area contributed by atoms with Gasteiger partial charge in [0.1, 0.15) is 11.4 Å². The van der Waals surface area contributed by atoms with Gasteiger partial charge in [-0.15, -0.1) is 0 Å². The fraction of sp³-hybridized carbons (Fsp3) is 0.462. The van der Waals surface area contributed by atoms with Gasteiger partial charge in [-0.3, -0.25) is 0 Å². The zero-order valence-corrected chi connectivity index (χ0v) is 19.8. The number of hydrogen-bond acceptors (Lipinski definition) is 4. The van der Waals surface area contributed by atoms with Crippen LogP contribution >= 0.6 is 0 Å². The lowest BCUT2D eigenvalue weighted by molar-refractivity contribution is 0.0205. The van der Waals surface area contributed by atoms with E-state index in [0.717, 1.165) is 43.8 Å². The average molecular weight is 435 g/mol. The van der Waals surface area contributed by atoms with E-state index in [4.69, 9.17) is 4.74 Å². The molecule has 0 unspecified atom stereocenters. The summed E-state index contributed by atoms with van der Waals surface area (Å²) in [6.45, 7) is 10.1. The van der Waals surface area contributed by atoms with Crippen molar-refractivity contribution in [2.75, 3.05) is 25.0 Å². The Bertz CT molecular complexity index is 1070. The largest absolute Gasteiger partial charge is 0.444 e. The maximum atomic E-state index is 12.3. The van der Waals surface area contributed by atoms with Crippen molar-refractivity contribution in [1.29, 1.82) is 0 Å². The van der Waals surface area contributed by atoms with Crippen molar-refractivity contribution in [1.82, 2.24) is 14.5 Å². The summed E-state index contributed by atoms with van der Waals surface area (Å²) in [4.78, 5) is 21.2. The molecule has 1 aliphatic heterocycles. The van der Waals surface area contributed by atoms with Gasteiger partial charge in [0.15, 0.2) is 0 Å². The van der Waals surface area contributed by atoms with Crippen molar-refractivity contribution in [3.05, 3.63) is 59.9 Å². The van der Waals surface area contributed by atoms with Crippen molar-refractivity contribution < 1.29 is 9.53 Å². The minimum absolute atomic E-state index is 0.203. The van der Waals surface area contributed by atoms with Crippen molar-refractivity contribution in [3.8, 4) is 0 Å². The Labute approximate surface area is 190 Å². The molecule has 6 heteroatoms. The smallest absolute Gasteiger partial charge is 0.410 e. The molecule has 1 aliphatic rings. The van der Waals surface area contributed by atoms with Crippen molar-refractivity contribution >= 4 is 22.8 Å². The molecule has 0 atom stereocenters. The number of likely N-dealkylation sites (tertiary alicyclic amines) is 1. The van der Waals surface area contributed by atoms with Gasteiger partial charge >= 0.3 is 6.09 Å². The van der Waals surface area contributed by atoms with E-state index in [2.05, 4.69) is 70.9 Å². The number of carbonyl (C=O) groups is 1. The van der Waals surface area contributed by atoms with Crippen LogP contribution in [0.2, 0.25) is 0 Å². The molecule has 1 aromatic heterocycles. The average Bonchev–Trinajstić information content (AvgIpc) is 3.08. The van der Waals surface area contributed by atoms with Crippen LogP contribution in [0.5, 0.6) is 0 Å². The van der Waals surface area contributed by atoms with Gasteiger partial charge in [0, 0.05) is 38.4 Å². The van der Waals surface area contributed by atoms with Crippen LogP contribution < -0.4 is 4.90 Å². The number of fused-ring (bicyclic) bond motifs is 1. The lowest BCUT2D eigenvalue weighted by atomic mass is 10.0. The predicted molar refractivity (Wildman–Crippen MR) is 129 cm³/mol. The molecule has 1 fully saturated rings. The van der Waals surface area contributed by atoms with Gasteiger partial charge in [-0.2, -0.15) is 0 Å². The van der Waals surface area contributed by atoms with Gasteiger partial charge in [0.05, 0.1) is 11.0 Å². The van der Waals surface area contributed by atoms with E-state index in [-0.39, 0.29) is 6.09 Å². The third kappa shape index (κ3) is 4.90. The first-order valence-corrected chi connectivity index (χ1v) is 11.4. The molecule has 0 radical (unpaired) electrons. The number of aryl methyl sites for hydroxylation is 1. The molecule has 2 aromatic carbocycles. The summed E-state index contributed by atoms with van der Waals surface area (Å²) >= 11 is 0. The Hall–Kier alpha value is -3.02. The number of ether oxygens (including phenoxy) is 1. The Morgan fingerprint density at radius 2 is 1.75 bits per heavy atom. The van der Waals surface area contributed by atoms with Crippen LogP contribution in [0.15, 0.2) is 48.5 Å². The van der Waals surface area contributed by atoms with Crippen LogP contribution in [0.25, 0.3) is 11.0 Å². The molecule has 3 aromatic rings. The monoisotopic (exact) mass is 434 g/mol. The molecule has 6 nitrogen and oxygen atoms in total. The maximum Gasteiger partial charge on any atom is 0.410 e. The maximum absolute atomic E-state index is 12.3. The molecule has 4 rings (SSSR count). The summed E-state index contributed by atoms with van der Waals surface area (Å²) in [5.41, 5.74) is 4.22. The van der Waals surface area contributed by atoms with E-state index >= 15 is 0 Å². The van der Waals surface area contributed by atoms with E-state index < -0.39 is 5.60 Å². The lowest BCUT2D eigenvalue weighted by Crippen LogP contribution is -2.47. The molecule has 1 saturated heterocycles. The highest BCUT2D eigenvalue weighted by molar-refractivity contribution is 5.76. The highest BCUT2D eigenvalue weighted by atomic mass is 16.6. The third-order valence-electron chi connectivity index (χ3n) is 6.19. The number of hydrogen-bond donors (Lipinski definition) is 0. The summed E-state index contributed by atoms with van der Waals surface area (Å²) in [5.74, 6) is 1.03. The Morgan fingerprint density at radius 1 is 1.09 bits per heavy atom. The van der Waals surface area contributed by atoms with Crippen LogP contribution in [0, 0.1) is 6.92 Å². The molecule has 1 amide bonds. The van der Waals surface area contributed by atoms with E-state index in [0.29, 0.717) is 6.04 Å². The van der Waals surface area contributed by atoms with Gasteiger partial charge in [-0.1, -0.05) is 24.3 Å². The van der Waals surface area contributed by atoms with E-state index in [9.17, 15) is 4.79 Å². The van der Waals surface area contributed by atoms with Crippen LogP contribution in [0.3, 0.4) is 0 Å². The van der Waals surface area contributed by atoms with E-state index in [1.54, 1.807) is 0 Å². The Balaban J connectivity index is 1.37. The van der Waals surface area contributed by atoms with Gasteiger partial charge in [-0.25, -0.2) is 9.78 Å². The Morgan fingerprint density at radius 3 is 2.41 bits per heavy atom. The highest BCUT2D eigenvalue weighted by Crippen LogP contribution is 2.24. The summed E-state index contributed by atoms with van der Waals surface area (Å²) in [7, 11) is 2.15. The molecule has 170 valence electrons. The second-order valence-corrected chi connectivity index (χ2v) is 9.71. The molecule has 2 heterocycles. The fourth-order valence-electron chi connectivity index (χ4n) is 4.39. The Kier molecular flexibility index (Phi) is 6.13. The topological polar surface area (TPSA) is 50.6 Å². The molecule has 0 aliphatic carbocycles. The molecule has 0 N–H and O–H groups in total. The SMILES string of the molecule is Cc1nc2ccccc2n1Cc1ccc(N(C)C2CCN(C(=O)OC(C)(C)C)CC2)cc1.